The molecule has 0 saturated carbocycles. The van der Waals surface area contributed by atoms with Crippen molar-refractivity contribution in [2.24, 2.45) is 0 Å². The fourth-order valence-electron chi connectivity index (χ4n) is 1.60. The van der Waals surface area contributed by atoms with Gasteiger partial charge in [-0.15, -0.1) is 0 Å². The van der Waals surface area contributed by atoms with Crippen molar-refractivity contribution in [3.05, 3.63) is 35.6 Å². The molecule has 0 amide bonds. The third-order valence-corrected chi connectivity index (χ3v) is 2.52. The summed E-state index contributed by atoms with van der Waals surface area (Å²) >= 11 is 0. The zero-order valence-corrected chi connectivity index (χ0v) is 10.7. The number of hydrogen-bond acceptors (Lipinski definition) is 5. The number of aromatic nitrogens is 3. The van der Waals surface area contributed by atoms with Crippen molar-refractivity contribution in [2.45, 2.75) is 26.8 Å². The van der Waals surface area contributed by atoms with E-state index in [2.05, 4.69) is 21.9 Å². The molecule has 0 aliphatic carbocycles. The van der Waals surface area contributed by atoms with Gasteiger partial charge in [-0.1, -0.05) is 24.1 Å². The van der Waals surface area contributed by atoms with Gasteiger partial charge < -0.3 is 9.26 Å². The minimum atomic E-state index is 0.355. The predicted molar refractivity (Wildman–Crippen MR) is 69.3 cm³/mol. The summed E-state index contributed by atoms with van der Waals surface area (Å²) in [6, 6.07) is 6.08. The second-order valence-electron chi connectivity index (χ2n) is 4.01. The molecule has 94 valence electrons. The monoisotopic (exact) mass is 245 g/mol. The van der Waals surface area contributed by atoms with Crippen molar-refractivity contribution >= 4 is 12.9 Å². The van der Waals surface area contributed by atoms with Crippen molar-refractivity contribution in [3.8, 4) is 0 Å². The molecule has 0 atom stereocenters. The van der Waals surface area contributed by atoms with Gasteiger partial charge in [-0.25, -0.2) is 0 Å². The molecule has 2 heterocycles. The number of hydrogen-bond donors (Lipinski definition) is 0. The van der Waals surface area contributed by atoms with Crippen LogP contribution in [0.15, 0.2) is 22.7 Å². The molecule has 18 heavy (non-hydrogen) atoms. The maximum Gasteiger partial charge on any atom is 0.252 e. The second-order valence-corrected chi connectivity index (χ2v) is 4.01. The Morgan fingerprint density at radius 1 is 1.33 bits per heavy atom. The van der Waals surface area contributed by atoms with E-state index in [1.807, 2.05) is 18.2 Å². The first kappa shape index (κ1) is 12.8. The van der Waals surface area contributed by atoms with Crippen molar-refractivity contribution < 1.29 is 9.26 Å². The average molecular weight is 245 g/mol. The highest BCUT2D eigenvalue weighted by atomic mass is 16.5. The first-order chi connectivity index (χ1) is 8.78. The fourth-order valence-corrected chi connectivity index (χ4v) is 1.60. The smallest absolute Gasteiger partial charge is 0.252 e. The third-order valence-electron chi connectivity index (χ3n) is 2.52. The van der Waals surface area contributed by atoms with Crippen LogP contribution in [-0.2, 0) is 17.8 Å². The lowest BCUT2D eigenvalue weighted by Crippen LogP contribution is -2.17. The molecule has 0 fully saturated rings. The summed E-state index contributed by atoms with van der Waals surface area (Å²) in [5, 5.41) is 3.70. The molecule has 0 saturated heterocycles. The summed E-state index contributed by atoms with van der Waals surface area (Å²) in [5.74, 6) is 1.15. The first-order valence-electron chi connectivity index (χ1n) is 6.09. The topological polar surface area (TPSA) is 61.0 Å². The molecular weight excluding hydrogens is 229 g/mol. The first-order valence-corrected chi connectivity index (χ1v) is 6.09. The van der Waals surface area contributed by atoms with Gasteiger partial charge in [0.15, 0.2) is 13.1 Å². The molecular formula is C12H16BN3O2. The molecule has 2 rings (SSSR count). The van der Waals surface area contributed by atoms with Gasteiger partial charge in [-0.3, -0.25) is 4.98 Å². The Kier molecular flexibility index (Phi) is 4.47. The predicted octanol–water partition coefficient (Wildman–Crippen LogP) is 0.642. The Balaban J connectivity index is 1.74. The van der Waals surface area contributed by atoms with Crippen LogP contribution in [0.1, 0.15) is 17.4 Å². The Bertz CT molecular complexity index is 502. The molecule has 0 bridgehead atoms. The lowest BCUT2D eigenvalue weighted by Gasteiger charge is -2.03. The minimum Gasteiger partial charge on any atom is -0.371 e. The van der Waals surface area contributed by atoms with E-state index in [9.17, 15) is 0 Å². The summed E-state index contributed by atoms with van der Waals surface area (Å²) in [7, 11) is 0.954. The quantitative estimate of drug-likeness (QED) is 0.552. The Labute approximate surface area is 107 Å². The van der Waals surface area contributed by atoms with Crippen LogP contribution in [-0.4, -0.2) is 29.0 Å². The van der Waals surface area contributed by atoms with E-state index >= 15 is 0 Å². The van der Waals surface area contributed by atoms with Crippen LogP contribution in [0.3, 0.4) is 0 Å². The molecule has 0 N–H and O–H groups in total. The molecule has 0 unspecified atom stereocenters. The van der Waals surface area contributed by atoms with E-state index in [4.69, 9.17) is 9.26 Å². The van der Waals surface area contributed by atoms with Crippen molar-refractivity contribution in [1.82, 2.24) is 15.1 Å². The minimum absolute atomic E-state index is 0.355. The van der Waals surface area contributed by atoms with E-state index < -0.39 is 0 Å². The highest BCUT2D eigenvalue weighted by molar-refractivity contribution is 6.50. The number of pyridine rings is 1. The van der Waals surface area contributed by atoms with Gasteiger partial charge in [0, 0.05) is 12.1 Å². The number of nitrogens with zero attached hydrogens (tertiary/aromatic N) is 3. The highest BCUT2D eigenvalue weighted by Gasteiger charge is 2.02. The molecule has 6 heteroatoms. The van der Waals surface area contributed by atoms with Gasteiger partial charge >= 0.3 is 0 Å². The summed E-state index contributed by atoms with van der Waals surface area (Å²) in [4.78, 5) is 8.57. The van der Waals surface area contributed by atoms with Crippen LogP contribution in [0.2, 0.25) is 6.82 Å². The molecule has 0 radical (unpaired) electrons. The van der Waals surface area contributed by atoms with Crippen LogP contribution in [0.5, 0.6) is 0 Å². The molecule has 0 aliphatic heterocycles. The van der Waals surface area contributed by atoms with E-state index in [1.54, 1.807) is 6.92 Å². The summed E-state index contributed by atoms with van der Waals surface area (Å²) in [6.45, 7) is 4.84. The fraction of sp³-hybridized carbons (Fsp3) is 0.417. The largest absolute Gasteiger partial charge is 0.371 e. The van der Waals surface area contributed by atoms with Crippen molar-refractivity contribution in [3.63, 3.8) is 0 Å². The van der Waals surface area contributed by atoms with Crippen molar-refractivity contribution in [2.75, 3.05) is 6.61 Å². The summed E-state index contributed by atoms with van der Waals surface area (Å²) < 4.78 is 10.4. The van der Waals surface area contributed by atoms with Gasteiger partial charge in [0.2, 0.25) is 0 Å². The van der Waals surface area contributed by atoms with Crippen LogP contribution < -0.4 is 5.59 Å². The van der Waals surface area contributed by atoms with E-state index in [-0.39, 0.29) is 0 Å². The van der Waals surface area contributed by atoms with Crippen LogP contribution in [0.4, 0.5) is 0 Å². The Morgan fingerprint density at radius 2 is 2.22 bits per heavy atom. The average Bonchev–Trinajstić information content (AvgIpc) is 2.81. The van der Waals surface area contributed by atoms with Crippen LogP contribution in [0.25, 0.3) is 0 Å². The van der Waals surface area contributed by atoms with Crippen molar-refractivity contribution in [1.29, 1.82) is 0 Å². The second kappa shape index (κ2) is 6.30. The van der Waals surface area contributed by atoms with Gasteiger partial charge in [-0.2, -0.15) is 4.98 Å². The molecule has 0 aliphatic rings. The van der Waals surface area contributed by atoms with E-state index in [1.165, 1.54) is 0 Å². The molecule has 2 aromatic heterocycles. The normalized spacial score (nSPS) is 10.6. The number of ether oxygens (including phenoxy) is 1. The van der Waals surface area contributed by atoms with Gasteiger partial charge in [-0.05, 0) is 18.6 Å². The SMILES string of the molecule is CBc1cccc(CCOCc2nc(C)no2)n1. The van der Waals surface area contributed by atoms with Crippen LogP contribution in [0, 0.1) is 6.92 Å². The van der Waals surface area contributed by atoms with Gasteiger partial charge in [0.1, 0.15) is 6.61 Å². The van der Waals surface area contributed by atoms with Gasteiger partial charge in [0.05, 0.1) is 6.61 Å². The number of rotatable bonds is 6. The number of aryl methyl sites for hydroxylation is 1. The Morgan fingerprint density at radius 3 is 2.94 bits per heavy atom. The van der Waals surface area contributed by atoms with Gasteiger partial charge in [0.25, 0.3) is 5.89 Å². The van der Waals surface area contributed by atoms with Crippen LogP contribution >= 0.6 is 0 Å². The lowest BCUT2D eigenvalue weighted by atomic mass is 9.77. The molecule has 2 aromatic rings. The molecule has 5 nitrogen and oxygen atoms in total. The maximum atomic E-state index is 5.47. The third kappa shape index (κ3) is 3.66. The van der Waals surface area contributed by atoms with E-state index in [0.29, 0.717) is 24.9 Å². The molecule has 0 spiro atoms. The highest BCUT2D eigenvalue weighted by Crippen LogP contribution is 2.00. The standard InChI is InChI=1S/C12H16BN3O2/c1-9-14-12(18-16-9)8-17-7-6-10-4-3-5-11(13-2)15-10/h3-5,13H,6-8H2,1-2H3. The Hall–Kier alpha value is -1.69. The van der Waals surface area contributed by atoms with E-state index in [0.717, 1.165) is 25.0 Å². The zero-order valence-electron chi connectivity index (χ0n) is 10.7. The summed E-state index contributed by atoms with van der Waals surface area (Å²) in [6.07, 6.45) is 0.793. The lowest BCUT2D eigenvalue weighted by molar-refractivity contribution is 0.0996. The zero-order chi connectivity index (χ0) is 12.8. The summed E-state index contributed by atoms with van der Waals surface area (Å²) in [5.41, 5.74) is 2.16. The molecule has 0 aromatic carbocycles. The maximum absolute atomic E-state index is 5.47.